The molecule has 3 N–H and O–H groups in total. The van der Waals surface area contributed by atoms with E-state index in [1.165, 1.54) is 4.57 Å². The first kappa shape index (κ1) is 22.8. The van der Waals surface area contributed by atoms with E-state index in [0.717, 1.165) is 15.7 Å². The Hall–Kier alpha value is -2.92. The van der Waals surface area contributed by atoms with E-state index in [1.54, 1.807) is 0 Å². The summed E-state index contributed by atoms with van der Waals surface area (Å²) in [5, 5.41) is 0. The highest BCUT2D eigenvalue weighted by atomic mass is 31.2. The summed E-state index contributed by atoms with van der Waals surface area (Å²) in [4.78, 5) is 51.2. The van der Waals surface area contributed by atoms with Crippen LogP contribution in [0.5, 0.6) is 0 Å². The Morgan fingerprint density at radius 1 is 1.19 bits per heavy atom. The molecule has 0 radical (unpaired) electrons. The van der Waals surface area contributed by atoms with Crippen LogP contribution in [0.15, 0.2) is 33.9 Å². The third-order valence-electron chi connectivity index (χ3n) is 4.97. The number of imidazole rings is 1. The number of fused-ring (bicyclic) bond motifs is 1. The summed E-state index contributed by atoms with van der Waals surface area (Å²) in [6.07, 6.45) is 6.90. The van der Waals surface area contributed by atoms with Crippen LogP contribution in [-0.4, -0.2) is 35.1 Å². The van der Waals surface area contributed by atoms with Crippen LogP contribution >= 0.6 is 7.60 Å². The highest BCUT2D eigenvalue weighted by Crippen LogP contribution is 2.35. The molecule has 3 rings (SSSR count). The monoisotopic (exact) mass is 444 g/mol. The molecule has 0 saturated carbocycles. The van der Waals surface area contributed by atoms with Gasteiger partial charge in [0, 0.05) is 19.1 Å². The van der Waals surface area contributed by atoms with Gasteiger partial charge in [-0.3, -0.25) is 13.9 Å². The van der Waals surface area contributed by atoms with Crippen molar-refractivity contribution in [3.8, 4) is 12.3 Å². The van der Waals surface area contributed by atoms with Gasteiger partial charge in [0.15, 0.2) is 5.65 Å². The topological polar surface area (TPSA) is 130 Å². The number of unbranched alkanes of at least 4 members (excludes halogenated alkanes) is 1. The number of aryl methyl sites for hydroxylation is 4. The fourth-order valence-electron chi connectivity index (χ4n) is 3.48. The van der Waals surface area contributed by atoms with E-state index < -0.39 is 18.8 Å². The number of aromatic amines is 1. The zero-order chi connectivity index (χ0) is 22.6. The Kier molecular flexibility index (Phi) is 6.96. The minimum absolute atomic E-state index is 0.169. The Bertz CT molecular complexity index is 1290. The third kappa shape index (κ3) is 5.61. The number of aromatic nitrogens is 4. The average molecular weight is 444 g/mol. The van der Waals surface area contributed by atoms with Gasteiger partial charge >= 0.3 is 13.3 Å². The van der Waals surface area contributed by atoms with Gasteiger partial charge in [0.2, 0.25) is 0 Å². The second kappa shape index (κ2) is 9.48. The Labute approximate surface area is 178 Å². The van der Waals surface area contributed by atoms with Gasteiger partial charge < -0.3 is 14.8 Å². The van der Waals surface area contributed by atoms with Crippen molar-refractivity contribution in [3.63, 3.8) is 0 Å². The maximum atomic E-state index is 12.8. The molecule has 0 fully saturated rings. The van der Waals surface area contributed by atoms with Crippen molar-refractivity contribution in [3.05, 3.63) is 62.1 Å². The quantitative estimate of drug-likeness (QED) is 0.261. The summed E-state index contributed by atoms with van der Waals surface area (Å²) in [6, 6.07) is 8.10. The predicted molar refractivity (Wildman–Crippen MR) is 118 cm³/mol. The van der Waals surface area contributed by atoms with Gasteiger partial charge in [0.05, 0.1) is 6.54 Å². The number of terminal acetylenes is 1. The van der Waals surface area contributed by atoms with Gasteiger partial charge in [-0.1, -0.05) is 35.7 Å². The van der Waals surface area contributed by atoms with Crippen LogP contribution in [0.1, 0.15) is 29.8 Å². The van der Waals surface area contributed by atoms with Crippen molar-refractivity contribution in [1.29, 1.82) is 0 Å². The zero-order valence-electron chi connectivity index (χ0n) is 17.2. The molecule has 0 unspecified atom stereocenters. The van der Waals surface area contributed by atoms with E-state index in [9.17, 15) is 14.2 Å². The predicted octanol–water partition coefficient (Wildman–Crippen LogP) is 1.57. The largest absolute Gasteiger partial charge is 0.336 e. The molecular weight excluding hydrogens is 419 g/mol. The third-order valence-corrected chi connectivity index (χ3v) is 5.87. The van der Waals surface area contributed by atoms with Crippen LogP contribution in [0, 0.1) is 19.3 Å². The first-order valence-electron chi connectivity index (χ1n) is 9.95. The molecule has 0 aliphatic carbocycles. The molecule has 3 aromatic rings. The van der Waals surface area contributed by atoms with Crippen LogP contribution in [0.25, 0.3) is 11.2 Å². The summed E-state index contributed by atoms with van der Waals surface area (Å²) in [6.45, 7) is 2.01. The van der Waals surface area contributed by atoms with Crippen LogP contribution in [0.3, 0.4) is 0 Å². The normalized spacial score (nSPS) is 11.7. The highest BCUT2D eigenvalue weighted by molar-refractivity contribution is 7.51. The van der Waals surface area contributed by atoms with E-state index >= 15 is 0 Å². The molecule has 0 saturated heterocycles. The van der Waals surface area contributed by atoms with E-state index in [4.69, 9.17) is 16.2 Å². The van der Waals surface area contributed by atoms with Gasteiger partial charge in [-0.15, -0.1) is 6.42 Å². The lowest BCUT2D eigenvalue weighted by molar-refractivity contribution is 0.370. The van der Waals surface area contributed by atoms with Crippen molar-refractivity contribution in [1.82, 2.24) is 19.1 Å². The molecule has 0 aliphatic rings. The van der Waals surface area contributed by atoms with Crippen LogP contribution in [-0.2, 0) is 30.5 Å². The standard InChI is InChI=1S/C21H25N4O5P/c1-3-11-25-20(26)18-19(24(21(25)27)12-4-5-13-31(28,29)30)23-17(22-18)10-9-16-8-6-7-15(2)14-16/h1,6-8,14H,4-5,9-13H2,2H3,(H,22,23)(H2,28,29,30). The number of H-pyrrole nitrogens is 1. The average Bonchev–Trinajstić information content (AvgIpc) is 3.12. The van der Waals surface area contributed by atoms with Gasteiger partial charge in [-0.05, 0) is 31.7 Å². The molecule has 10 heteroatoms. The molecule has 0 atom stereocenters. The summed E-state index contributed by atoms with van der Waals surface area (Å²) < 4.78 is 13.4. The van der Waals surface area contributed by atoms with Crippen molar-refractivity contribution in [2.24, 2.45) is 0 Å². The highest BCUT2D eigenvalue weighted by Gasteiger charge is 2.18. The maximum Gasteiger partial charge on any atom is 0.333 e. The molecule has 2 heterocycles. The van der Waals surface area contributed by atoms with Crippen molar-refractivity contribution >= 4 is 18.8 Å². The molecule has 0 aliphatic heterocycles. The molecule has 0 amide bonds. The second-order valence-corrected chi connectivity index (χ2v) is 9.27. The number of benzene rings is 1. The van der Waals surface area contributed by atoms with E-state index in [0.29, 0.717) is 25.1 Å². The minimum Gasteiger partial charge on any atom is -0.336 e. The Balaban J connectivity index is 1.92. The SMILES string of the molecule is C#CCn1c(=O)c2[nH]c(CCc3cccc(C)c3)nc2n(CCCCP(=O)(O)O)c1=O. The molecule has 164 valence electrons. The Morgan fingerprint density at radius 2 is 1.97 bits per heavy atom. The first-order chi connectivity index (χ1) is 14.7. The lowest BCUT2D eigenvalue weighted by atomic mass is 10.1. The van der Waals surface area contributed by atoms with E-state index in [2.05, 4.69) is 22.0 Å². The van der Waals surface area contributed by atoms with Gasteiger partial charge in [-0.25, -0.2) is 14.3 Å². The number of hydrogen-bond donors (Lipinski definition) is 3. The minimum atomic E-state index is -4.10. The van der Waals surface area contributed by atoms with Crippen LogP contribution in [0.4, 0.5) is 0 Å². The lowest BCUT2D eigenvalue weighted by Gasteiger charge is -2.10. The fourth-order valence-corrected chi connectivity index (χ4v) is 4.12. The second-order valence-electron chi connectivity index (χ2n) is 7.50. The van der Waals surface area contributed by atoms with Gasteiger partial charge in [0.25, 0.3) is 5.56 Å². The number of rotatable bonds is 9. The summed E-state index contributed by atoms with van der Waals surface area (Å²) >= 11 is 0. The molecule has 0 bridgehead atoms. The van der Waals surface area contributed by atoms with Crippen molar-refractivity contribution in [2.45, 2.75) is 45.7 Å². The summed E-state index contributed by atoms with van der Waals surface area (Å²) in [5.74, 6) is 2.89. The first-order valence-corrected chi connectivity index (χ1v) is 11.7. The van der Waals surface area contributed by atoms with Crippen LogP contribution < -0.4 is 11.2 Å². The Morgan fingerprint density at radius 3 is 2.65 bits per heavy atom. The number of nitrogens with zero attached hydrogens (tertiary/aromatic N) is 3. The van der Waals surface area contributed by atoms with Crippen molar-refractivity contribution < 1.29 is 14.4 Å². The molecule has 9 nitrogen and oxygen atoms in total. The summed E-state index contributed by atoms with van der Waals surface area (Å²) in [5.41, 5.74) is 1.62. The molecule has 1 aromatic carbocycles. The zero-order valence-corrected chi connectivity index (χ0v) is 18.1. The maximum absolute atomic E-state index is 12.8. The molecular formula is C21H25N4O5P. The van der Waals surface area contributed by atoms with Crippen molar-refractivity contribution in [2.75, 3.05) is 6.16 Å². The fraction of sp³-hybridized carbons (Fsp3) is 0.381. The van der Waals surface area contributed by atoms with Crippen LogP contribution in [0.2, 0.25) is 0 Å². The smallest absolute Gasteiger partial charge is 0.333 e. The van der Waals surface area contributed by atoms with E-state index in [1.807, 2.05) is 25.1 Å². The number of nitrogens with one attached hydrogen (secondary N) is 1. The molecule has 31 heavy (non-hydrogen) atoms. The molecule has 0 spiro atoms. The number of hydrogen-bond acceptors (Lipinski definition) is 4. The lowest BCUT2D eigenvalue weighted by Crippen LogP contribution is -2.40. The van der Waals surface area contributed by atoms with Gasteiger partial charge in [-0.2, -0.15) is 0 Å². The van der Waals surface area contributed by atoms with E-state index in [-0.39, 0.29) is 36.8 Å². The summed E-state index contributed by atoms with van der Waals surface area (Å²) in [7, 11) is -4.10. The van der Waals surface area contributed by atoms with Gasteiger partial charge in [0.1, 0.15) is 11.3 Å². The molecule has 2 aromatic heterocycles.